The summed E-state index contributed by atoms with van der Waals surface area (Å²) in [5, 5.41) is 0. The van der Waals surface area contributed by atoms with Crippen LogP contribution < -0.4 is 0 Å². The van der Waals surface area contributed by atoms with Gasteiger partial charge in [-0.2, -0.15) is 0 Å². The molecule has 0 spiro atoms. The molecule has 0 amide bonds. The molecule has 8 heavy (non-hydrogen) atoms. The minimum Gasteiger partial charge on any atom is -0.294 e. The lowest BCUT2D eigenvalue weighted by Crippen LogP contribution is -1.77. The maximum Gasteiger partial charge on any atom is 0.0565 e. The molecule has 0 aromatic heterocycles. The van der Waals surface area contributed by atoms with Gasteiger partial charge in [0, 0.05) is 5.92 Å². The summed E-state index contributed by atoms with van der Waals surface area (Å²) < 4.78 is 0. The fourth-order valence-corrected chi connectivity index (χ4v) is 0.816. The molecule has 0 radical (unpaired) electrons. The van der Waals surface area contributed by atoms with Crippen LogP contribution in [0.25, 0.3) is 0 Å². The predicted molar refractivity (Wildman–Crippen MR) is 36.3 cm³/mol. The van der Waals surface area contributed by atoms with Crippen molar-refractivity contribution in [1.82, 2.24) is 0 Å². The van der Waals surface area contributed by atoms with Crippen LogP contribution in [0, 0.1) is 5.92 Å². The predicted octanol–water partition coefficient (Wildman–Crippen LogP) is 1.65. The van der Waals surface area contributed by atoms with Gasteiger partial charge in [0.05, 0.1) is 6.04 Å². The minimum atomic E-state index is 0.581. The summed E-state index contributed by atoms with van der Waals surface area (Å²) in [6.45, 7) is 5.64. The summed E-state index contributed by atoms with van der Waals surface area (Å²) in [6, 6.07) is 0.581. The van der Waals surface area contributed by atoms with Crippen molar-refractivity contribution in [3.63, 3.8) is 0 Å². The van der Waals surface area contributed by atoms with Gasteiger partial charge in [-0.3, -0.25) is 4.99 Å². The molecule has 1 rings (SSSR count). The van der Waals surface area contributed by atoms with Crippen LogP contribution in [0.5, 0.6) is 0 Å². The van der Waals surface area contributed by atoms with Gasteiger partial charge in [-0.05, 0) is 19.6 Å². The molecule has 1 nitrogen and oxygen atoms in total. The monoisotopic (exact) mass is 109 g/mol. The first-order valence-electron chi connectivity index (χ1n) is 2.99. The van der Waals surface area contributed by atoms with Crippen LogP contribution in [0.4, 0.5) is 0 Å². The Morgan fingerprint density at radius 2 is 2.50 bits per heavy atom. The van der Waals surface area contributed by atoms with Crippen LogP contribution in [0.15, 0.2) is 17.6 Å². The molecule has 1 heteroatoms. The average molecular weight is 109 g/mol. The first-order chi connectivity index (χ1) is 3.88. The smallest absolute Gasteiger partial charge is 0.0565 e. The van der Waals surface area contributed by atoms with Gasteiger partial charge in [-0.25, -0.2) is 0 Å². The molecule has 0 heterocycles. The van der Waals surface area contributed by atoms with Crippen molar-refractivity contribution in [2.24, 2.45) is 10.9 Å². The highest BCUT2D eigenvalue weighted by Gasteiger charge is 2.32. The largest absolute Gasteiger partial charge is 0.294 e. The molecule has 1 unspecified atom stereocenters. The summed E-state index contributed by atoms with van der Waals surface area (Å²) in [5.41, 5.74) is 0. The molecule has 0 aliphatic heterocycles. The summed E-state index contributed by atoms with van der Waals surface area (Å²) in [4.78, 5) is 4.19. The van der Waals surface area contributed by atoms with Crippen LogP contribution in [0.3, 0.4) is 0 Å². The Hall–Kier alpha value is -0.590. The Labute approximate surface area is 50.1 Å². The van der Waals surface area contributed by atoms with Crippen molar-refractivity contribution in [3.8, 4) is 0 Å². The zero-order valence-electron chi connectivity index (χ0n) is 5.17. The summed E-state index contributed by atoms with van der Waals surface area (Å²) in [6.07, 6.45) is 5.07. The van der Waals surface area contributed by atoms with Crippen LogP contribution in [0.2, 0.25) is 0 Å². The highest BCUT2D eigenvalue weighted by atomic mass is 14.8. The Balaban J connectivity index is 2.26. The van der Waals surface area contributed by atoms with Gasteiger partial charge < -0.3 is 0 Å². The first-order valence-corrected chi connectivity index (χ1v) is 2.99. The van der Waals surface area contributed by atoms with E-state index in [1.54, 1.807) is 0 Å². The van der Waals surface area contributed by atoms with E-state index in [1.165, 1.54) is 6.42 Å². The molecular formula is C7H11N. The highest BCUT2D eigenvalue weighted by molar-refractivity contribution is 5.54. The Bertz CT molecular complexity index is 116. The van der Waals surface area contributed by atoms with E-state index in [4.69, 9.17) is 0 Å². The van der Waals surface area contributed by atoms with Crippen LogP contribution in [-0.4, -0.2) is 12.3 Å². The maximum absolute atomic E-state index is 4.19. The zero-order chi connectivity index (χ0) is 5.98. The molecule has 1 aliphatic carbocycles. The molecule has 1 saturated carbocycles. The minimum absolute atomic E-state index is 0.581. The van der Waals surface area contributed by atoms with Crippen molar-refractivity contribution in [1.29, 1.82) is 0 Å². The van der Waals surface area contributed by atoms with Crippen LogP contribution in [0.1, 0.15) is 13.3 Å². The second-order valence-electron chi connectivity index (χ2n) is 2.11. The van der Waals surface area contributed by atoms with Gasteiger partial charge in [-0.15, -0.1) is 6.58 Å². The molecule has 44 valence electrons. The van der Waals surface area contributed by atoms with Crippen molar-refractivity contribution in [3.05, 3.63) is 12.7 Å². The van der Waals surface area contributed by atoms with E-state index in [-0.39, 0.29) is 0 Å². The van der Waals surface area contributed by atoms with Crippen molar-refractivity contribution >= 4 is 6.21 Å². The highest BCUT2D eigenvalue weighted by Crippen LogP contribution is 2.33. The third-order valence-electron chi connectivity index (χ3n) is 1.45. The van der Waals surface area contributed by atoms with E-state index < -0.39 is 0 Å². The number of hydrogen-bond acceptors (Lipinski definition) is 1. The lowest BCUT2D eigenvalue weighted by molar-refractivity contribution is 0.983. The van der Waals surface area contributed by atoms with Gasteiger partial charge in [0.2, 0.25) is 0 Å². The topological polar surface area (TPSA) is 12.4 Å². The van der Waals surface area contributed by atoms with Crippen molar-refractivity contribution in [2.75, 3.05) is 0 Å². The van der Waals surface area contributed by atoms with E-state index >= 15 is 0 Å². The third-order valence-corrected chi connectivity index (χ3v) is 1.45. The lowest BCUT2D eigenvalue weighted by atomic mass is 10.4. The second-order valence-corrected chi connectivity index (χ2v) is 2.11. The Morgan fingerprint density at radius 1 is 1.75 bits per heavy atom. The standard InChI is InChI=1S/C7H11N/c1-3-6-5-7(6)8-4-2/h3-4,6-7H,1,5H2,2H3/b8-4+/t6-,7?/m1/s1. The molecule has 0 bridgehead atoms. The summed E-state index contributed by atoms with van der Waals surface area (Å²) in [7, 11) is 0. The molecule has 0 aromatic rings. The van der Waals surface area contributed by atoms with Crippen LogP contribution >= 0.6 is 0 Å². The Kier molecular flexibility index (Phi) is 1.47. The molecule has 1 fully saturated rings. The number of aliphatic imine (C=N–C) groups is 1. The molecular weight excluding hydrogens is 98.1 g/mol. The van der Waals surface area contributed by atoms with E-state index in [9.17, 15) is 0 Å². The maximum atomic E-state index is 4.19. The molecule has 0 aromatic carbocycles. The van der Waals surface area contributed by atoms with Crippen molar-refractivity contribution < 1.29 is 0 Å². The van der Waals surface area contributed by atoms with Gasteiger partial charge in [0.1, 0.15) is 0 Å². The molecule has 1 aliphatic rings. The van der Waals surface area contributed by atoms with Crippen molar-refractivity contribution in [2.45, 2.75) is 19.4 Å². The third kappa shape index (κ3) is 0.971. The molecule has 0 N–H and O–H groups in total. The zero-order valence-corrected chi connectivity index (χ0v) is 5.17. The first kappa shape index (κ1) is 5.54. The second kappa shape index (κ2) is 2.12. The van der Waals surface area contributed by atoms with Gasteiger partial charge in [0.15, 0.2) is 0 Å². The quantitative estimate of drug-likeness (QED) is 0.377. The Morgan fingerprint density at radius 3 is 2.88 bits per heavy atom. The summed E-state index contributed by atoms with van der Waals surface area (Å²) >= 11 is 0. The number of hydrogen-bond donors (Lipinski definition) is 0. The number of rotatable bonds is 2. The fourth-order valence-electron chi connectivity index (χ4n) is 0.816. The van der Waals surface area contributed by atoms with E-state index in [1.807, 2.05) is 19.2 Å². The SMILES string of the molecule is C=C[C@@H]1CC1/N=C/C. The van der Waals surface area contributed by atoms with Gasteiger partial charge in [0.25, 0.3) is 0 Å². The average Bonchev–Trinajstić information content (AvgIpc) is 2.48. The lowest BCUT2D eigenvalue weighted by Gasteiger charge is -1.79. The normalized spacial score (nSPS) is 35.6. The molecule has 2 atom stereocenters. The summed E-state index contributed by atoms with van der Waals surface area (Å²) in [5.74, 6) is 0.686. The molecule has 0 saturated heterocycles. The van der Waals surface area contributed by atoms with Gasteiger partial charge in [-0.1, -0.05) is 6.08 Å². The van der Waals surface area contributed by atoms with Crippen LogP contribution in [-0.2, 0) is 0 Å². The van der Waals surface area contributed by atoms with E-state index in [2.05, 4.69) is 11.6 Å². The number of nitrogens with zero attached hydrogens (tertiary/aromatic N) is 1. The van der Waals surface area contributed by atoms with E-state index in [0.717, 1.165) is 0 Å². The van der Waals surface area contributed by atoms with Gasteiger partial charge >= 0.3 is 0 Å². The fraction of sp³-hybridized carbons (Fsp3) is 0.571. The van der Waals surface area contributed by atoms with E-state index in [0.29, 0.717) is 12.0 Å².